The molecule has 2 aliphatic rings. The molecule has 14 heteroatoms. The van der Waals surface area contributed by atoms with Crippen LogP contribution in [0.15, 0.2) is 60.8 Å². The predicted octanol–water partition coefficient (Wildman–Crippen LogP) is 6.66. The summed E-state index contributed by atoms with van der Waals surface area (Å²) in [5, 5.41) is 86.5. The van der Waals surface area contributed by atoms with Crippen molar-refractivity contribution in [2.75, 3.05) is 19.8 Å². The SMILES string of the molecule is CCCCC/C=C/CC/C=C/C(O)C(COC1OC(CO)C(OC2OC(CO)C(O)C(O)C2O)C(O)C1O)NC(=O)CCCCCCCCCC/C=C\C/C=C\C/C=C\CCCCCCC. The number of unbranched alkanes of at least 4 members (excludes halogenated alkanes) is 17. The van der Waals surface area contributed by atoms with Gasteiger partial charge in [-0.2, -0.15) is 0 Å². The van der Waals surface area contributed by atoms with Crippen LogP contribution in [0.25, 0.3) is 0 Å². The van der Waals surface area contributed by atoms with Crippen molar-refractivity contribution in [3.63, 3.8) is 0 Å². The Bertz CT molecular complexity index is 1340. The monoisotopic (exact) mass is 938 g/mol. The molecule has 382 valence electrons. The van der Waals surface area contributed by atoms with E-state index in [4.69, 9.17) is 18.9 Å². The van der Waals surface area contributed by atoms with Gasteiger partial charge in [-0.1, -0.05) is 152 Å². The normalized spacial score (nSPS) is 27.3. The van der Waals surface area contributed by atoms with E-state index in [0.717, 1.165) is 57.8 Å². The van der Waals surface area contributed by atoms with Gasteiger partial charge < -0.3 is 65.1 Å². The van der Waals surface area contributed by atoms with Crippen LogP contribution < -0.4 is 5.32 Å². The second-order valence-corrected chi connectivity index (χ2v) is 17.9. The second-order valence-electron chi connectivity index (χ2n) is 17.9. The molecule has 0 aromatic rings. The Morgan fingerprint density at radius 3 is 1.62 bits per heavy atom. The number of carbonyl (C=O) groups excluding carboxylic acids is 1. The Balaban J connectivity index is 1.78. The van der Waals surface area contributed by atoms with E-state index in [-0.39, 0.29) is 18.9 Å². The van der Waals surface area contributed by atoms with Gasteiger partial charge in [-0.05, 0) is 70.6 Å². The van der Waals surface area contributed by atoms with Crippen LogP contribution in [-0.2, 0) is 23.7 Å². The van der Waals surface area contributed by atoms with Gasteiger partial charge in [-0.15, -0.1) is 0 Å². The molecule has 12 unspecified atom stereocenters. The zero-order valence-corrected chi connectivity index (χ0v) is 40.4. The summed E-state index contributed by atoms with van der Waals surface area (Å²) in [5.74, 6) is -0.263. The van der Waals surface area contributed by atoms with Gasteiger partial charge >= 0.3 is 0 Å². The molecule has 0 saturated carbocycles. The van der Waals surface area contributed by atoms with Crippen molar-refractivity contribution in [2.45, 2.75) is 242 Å². The van der Waals surface area contributed by atoms with Crippen molar-refractivity contribution < 1.29 is 64.6 Å². The van der Waals surface area contributed by atoms with Crippen LogP contribution in [0.2, 0.25) is 0 Å². The van der Waals surface area contributed by atoms with Crippen LogP contribution in [0.1, 0.15) is 168 Å². The molecule has 2 rings (SSSR count). The van der Waals surface area contributed by atoms with Crippen LogP contribution in [0, 0.1) is 0 Å². The maximum Gasteiger partial charge on any atom is 0.220 e. The van der Waals surface area contributed by atoms with Gasteiger partial charge in [0.25, 0.3) is 0 Å². The predicted molar refractivity (Wildman–Crippen MR) is 258 cm³/mol. The Morgan fingerprint density at radius 1 is 0.545 bits per heavy atom. The number of rotatable bonds is 38. The van der Waals surface area contributed by atoms with Crippen molar-refractivity contribution in [2.24, 2.45) is 0 Å². The molecule has 66 heavy (non-hydrogen) atoms. The van der Waals surface area contributed by atoms with Crippen LogP contribution in [0.5, 0.6) is 0 Å². The fourth-order valence-electron chi connectivity index (χ4n) is 7.96. The standard InChI is InChI=1S/C52H91NO13/c1-3-5-7-9-11-13-14-15-16-17-18-19-20-21-22-23-24-25-26-28-30-32-34-36-44(57)53-40(41(56)35-33-31-29-27-12-10-8-6-4-2)39-63-51-49(62)47(60)50(43(38-55)65-51)66-52-48(61)46(59)45(58)42(37-54)64-52/h12,14-15,17-18,20-21,27,33,35,40-43,45-52,54-56,58-62H,3-11,13,16,19,22-26,28-32,34,36-39H2,1-2H3,(H,53,57)/b15-14-,18-17-,21-20-,27-12+,35-33+. The summed E-state index contributed by atoms with van der Waals surface area (Å²) in [6, 6.07) is -0.935. The first kappa shape index (κ1) is 59.8. The number of carbonyl (C=O) groups is 1. The first-order valence-corrected chi connectivity index (χ1v) is 25.5. The van der Waals surface area contributed by atoms with E-state index < -0.39 is 86.8 Å². The van der Waals surface area contributed by atoms with E-state index in [9.17, 15) is 45.6 Å². The summed E-state index contributed by atoms with van der Waals surface area (Å²) in [7, 11) is 0. The molecule has 0 radical (unpaired) electrons. The number of ether oxygens (including phenoxy) is 4. The van der Waals surface area contributed by atoms with Gasteiger partial charge in [0.1, 0.15) is 48.8 Å². The van der Waals surface area contributed by atoms with E-state index in [0.29, 0.717) is 12.8 Å². The Morgan fingerprint density at radius 2 is 1.02 bits per heavy atom. The third-order valence-electron chi connectivity index (χ3n) is 12.2. The summed E-state index contributed by atoms with van der Waals surface area (Å²) in [6.07, 6.45) is 30.0. The average Bonchev–Trinajstić information content (AvgIpc) is 3.31. The molecule has 0 aliphatic carbocycles. The minimum atomic E-state index is -1.79. The molecule has 0 bridgehead atoms. The van der Waals surface area contributed by atoms with E-state index in [1.54, 1.807) is 6.08 Å². The number of hydrogen-bond acceptors (Lipinski definition) is 13. The summed E-state index contributed by atoms with van der Waals surface area (Å²) < 4.78 is 22.6. The third kappa shape index (κ3) is 25.3. The van der Waals surface area contributed by atoms with E-state index in [1.165, 1.54) is 77.0 Å². The molecule has 2 saturated heterocycles. The minimum Gasteiger partial charge on any atom is -0.394 e. The van der Waals surface area contributed by atoms with Gasteiger partial charge in [-0.3, -0.25) is 4.79 Å². The van der Waals surface area contributed by atoms with Crippen LogP contribution in [-0.4, -0.2) is 140 Å². The molecule has 2 aliphatic heterocycles. The highest BCUT2D eigenvalue weighted by Gasteiger charge is 2.51. The number of aliphatic hydroxyl groups excluding tert-OH is 8. The summed E-state index contributed by atoms with van der Waals surface area (Å²) in [6.45, 7) is 2.67. The smallest absolute Gasteiger partial charge is 0.220 e. The van der Waals surface area contributed by atoms with Gasteiger partial charge in [0.05, 0.1) is 32.0 Å². The van der Waals surface area contributed by atoms with E-state index in [2.05, 4.69) is 67.8 Å². The molecule has 14 nitrogen and oxygen atoms in total. The van der Waals surface area contributed by atoms with Crippen LogP contribution in [0.4, 0.5) is 0 Å². The van der Waals surface area contributed by atoms with Crippen molar-refractivity contribution in [1.82, 2.24) is 5.32 Å². The van der Waals surface area contributed by atoms with Crippen LogP contribution >= 0.6 is 0 Å². The number of hydrogen-bond donors (Lipinski definition) is 9. The fourth-order valence-corrected chi connectivity index (χ4v) is 7.96. The largest absolute Gasteiger partial charge is 0.394 e. The molecular formula is C52H91NO13. The molecule has 9 N–H and O–H groups in total. The highest BCUT2D eigenvalue weighted by molar-refractivity contribution is 5.76. The lowest BCUT2D eigenvalue weighted by atomic mass is 9.97. The molecule has 12 atom stereocenters. The summed E-state index contributed by atoms with van der Waals surface area (Å²) in [4.78, 5) is 13.1. The highest BCUT2D eigenvalue weighted by atomic mass is 16.7. The lowest BCUT2D eigenvalue weighted by Gasteiger charge is -2.46. The minimum absolute atomic E-state index is 0.262. The van der Waals surface area contributed by atoms with Gasteiger partial charge in [-0.25, -0.2) is 0 Å². The average molecular weight is 938 g/mol. The molecule has 0 aromatic carbocycles. The Labute approximate surface area is 396 Å². The zero-order valence-electron chi connectivity index (χ0n) is 40.4. The van der Waals surface area contributed by atoms with Gasteiger partial charge in [0.15, 0.2) is 12.6 Å². The molecule has 2 fully saturated rings. The van der Waals surface area contributed by atoms with Crippen LogP contribution in [0.3, 0.4) is 0 Å². The Kier molecular flexibility index (Phi) is 34.9. The lowest BCUT2D eigenvalue weighted by molar-refractivity contribution is -0.359. The highest BCUT2D eigenvalue weighted by Crippen LogP contribution is 2.30. The maximum atomic E-state index is 13.1. The Hall–Kier alpha value is -2.31. The molecular weight excluding hydrogens is 847 g/mol. The van der Waals surface area contributed by atoms with E-state index in [1.807, 2.05) is 6.08 Å². The second kappa shape index (κ2) is 38.5. The molecule has 2 heterocycles. The van der Waals surface area contributed by atoms with Crippen molar-refractivity contribution in [3.05, 3.63) is 60.8 Å². The zero-order chi connectivity index (χ0) is 48.2. The lowest BCUT2D eigenvalue weighted by Crippen LogP contribution is -2.65. The topological polar surface area (TPSA) is 228 Å². The van der Waals surface area contributed by atoms with Crippen molar-refractivity contribution in [1.29, 1.82) is 0 Å². The first-order chi connectivity index (χ1) is 32.1. The molecule has 0 spiro atoms. The molecule has 1 amide bonds. The van der Waals surface area contributed by atoms with Crippen molar-refractivity contribution >= 4 is 5.91 Å². The summed E-state index contributed by atoms with van der Waals surface area (Å²) >= 11 is 0. The number of aliphatic hydroxyl groups is 8. The van der Waals surface area contributed by atoms with E-state index >= 15 is 0 Å². The third-order valence-corrected chi connectivity index (χ3v) is 12.2. The number of allylic oxidation sites excluding steroid dienone is 9. The number of nitrogens with one attached hydrogen (secondary N) is 1. The molecule has 0 aromatic heterocycles. The quantitative estimate of drug-likeness (QED) is 0.0234. The maximum absolute atomic E-state index is 13.1. The summed E-state index contributed by atoms with van der Waals surface area (Å²) in [5.41, 5.74) is 0. The van der Waals surface area contributed by atoms with Gasteiger partial charge in [0, 0.05) is 6.42 Å². The van der Waals surface area contributed by atoms with Crippen molar-refractivity contribution in [3.8, 4) is 0 Å². The fraction of sp³-hybridized carbons (Fsp3) is 0.788. The number of amides is 1. The van der Waals surface area contributed by atoms with Gasteiger partial charge in [0.2, 0.25) is 5.91 Å². The first-order valence-electron chi connectivity index (χ1n) is 25.5.